The van der Waals surface area contributed by atoms with Crippen molar-refractivity contribution in [3.05, 3.63) is 0 Å². The van der Waals surface area contributed by atoms with Gasteiger partial charge in [0.15, 0.2) is 12.3 Å². The first-order valence-corrected chi connectivity index (χ1v) is 4.30. The smallest absolute Gasteiger partial charge is 0.329 e. The van der Waals surface area contributed by atoms with Gasteiger partial charge in [0, 0.05) is 6.92 Å². The van der Waals surface area contributed by atoms with Crippen LogP contribution in [-0.2, 0) is 14.4 Å². The lowest BCUT2D eigenvalue weighted by molar-refractivity contribution is -0.151. The van der Waals surface area contributed by atoms with Crippen molar-refractivity contribution in [1.29, 1.82) is 0 Å². The van der Waals surface area contributed by atoms with E-state index in [1.165, 1.54) is 0 Å². The highest BCUT2D eigenvalue weighted by molar-refractivity contribution is 5.82. The molecule has 0 aliphatic heterocycles. The maximum Gasteiger partial charge on any atom is 0.329 e. The van der Waals surface area contributed by atoms with E-state index in [2.05, 4.69) is 0 Å². The first kappa shape index (κ1) is 14.5. The Morgan fingerprint density at radius 1 is 1.19 bits per heavy atom. The predicted octanol–water partition coefficient (Wildman–Crippen LogP) is -3.14. The molecule has 0 spiro atoms. The minimum atomic E-state index is -2.00. The van der Waals surface area contributed by atoms with Crippen LogP contribution in [0.15, 0.2) is 0 Å². The fourth-order valence-electron chi connectivity index (χ4n) is 0.992. The first-order chi connectivity index (χ1) is 7.31. The molecule has 0 aliphatic rings. The second-order valence-electron chi connectivity index (χ2n) is 3.12. The van der Waals surface area contributed by atoms with Crippen molar-refractivity contribution in [2.45, 2.75) is 31.3 Å². The molecular formula is C8H13NO7. The molecule has 0 saturated carbocycles. The number of amides is 1. The van der Waals surface area contributed by atoms with E-state index in [0.29, 0.717) is 0 Å². The zero-order valence-corrected chi connectivity index (χ0v) is 8.40. The Morgan fingerprint density at radius 2 is 1.69 bits per heavy atom. The largest absolute Gasteiger partial charge is 0.480 e. The number of nitrogens with one attached hydrogen (secondary N) is 1. The fraction of sp³-hybridized carbons (Fsp3) is 0.625. The van der Waals surface area contributed by atoms with Gasteiger partial charge in [0.2, 0.25) is 5.91 Å². The minimum absolute atomic E-state index is 0.0550. The molecule has 0 saturated heterocycles. The number of carboxylic acids is 1. The zero-order valence-electron chi connectivity index (χ0n) is 8.40. The number of aliphatic hydroxyl groups is 3. The lowest BCUT2D eigenvalue weighted by Crippen LogP contribution is -2.55. The average molecular weight is 235 g/mol. The van der Waals surface area contributed by atoms with Crippen LogP contribution < -0.4 is 5.32 Å². The van der Waals surface area contributed by atoms with Crippen LogP contribution in [0.5, 0.6) is 0 Å². The van der Waals surface area contributed by atoms with E-state index in [0.717, 1.165) is 6.92 Å². The van der Waals surface area contributed by atoms with Gasteiger partial charge in [0.1, 0.15) is 18.3 Å². The van der Waals surface area contributed by atoms with Crippen molar-refractivity contribution >= 4 is 18.2 Å². The molecule has 0 aromatic rings. The Kier molecular flexibility index (Phi) is 5.57. The summed E-state index contributed by atoms with van der Waals surface area (Å²) in [6.45, 7) is 1.02. The van der Waals surface area contributed by atoms with Gasteiger partial charge in [0.25, 0.3) is 0 Å². The summed E-state index contributed by atoms with van der Waals surface area (Å²) < 4.78 is 0. The van der Waals surface area contributed by atoms with Gasteiger partial charge in [0.05, 0.1) is 0 Å². The lowest BCUT2D eigenvalue weighted by Gasteiger charge is -2.25. The van der Waals surface area contributed by atoms with Crippen LogP contribution in [0.4, 0.5) is 0 Å². The summed E-state index contributed by atoms with van der Waals surface area (Å²) in [6.07, 6.45) is -5.97. The number of aliphatic carboxylic acids is 1. The molecule has 0 radical (unpaired) electrons. The van der Waals surface area contributed by atoms with E-state index in [-0.39, 0.29) is 6.29 Å². The molecule has 8 heteroatoms. The van der Waals surface area contributed by atoms with Gasteiger partial charge in [-0.05, 0) is 0 Å². The van der Waals surface area contributed by atoms with E-state index in [4.69, 9.17) is 10.2 Å². The molecule has 5 N–H and O–H groups in total. The Bertz CT molecular complexity index is 280. The van der Waals surface area contributed by atoms with Crippen molar-refractivity contribution in [2.24, 2.45) is 0 Å². The standard InChI is InChI=1S/C8H13NO7/c1-3(11)9-5(8(15)16)7(14)6(13)4(12)2-10/h2,4-7,12-14H,1H3,(H,9,11)(H,15,16)/t4-,5+,6+,7+/m1/s1. The van der Waals surface area contributed by atoms with Crippen LogP contribution in [0.25, 0.3) is 0 Å². The summed E-state index contributed by atoms with van der Waals surface area (Å²) in [4.78, 5) is 31.4. The second-order valence-corrected chi connectivity index (χ2v) is 3.12. The third-order valence-electron chi connectivity index (χ3n) is 1.81. The minimum Gasteiger partial charge on any atom is -0.480 e. The van der Waals surface area contributed by atoms with Crippen LogP contribution in [-0.4, -0.2) is 62.9 Å². The highest BCUT2D eigenvalue weighted by atomic mass is 16.4. The van der Waals surface area contributed by atoms with Crippen molar-refractivity contribution in [1.82, 2.24) is 5.32 Å². The number of aldehydes is 1. The Labute approximate surface area is 90.5 Å². The summed E-state index contributed by atoms with van der Waals surface area (Å²) >= 11 is 0. The molecule has 8 nitrogen and oxygen atoms in total. The summed E-state index contributed by atoms with van der Waals surface area (Å²) in [5.74, 6) is -2.33. The van der Waals surface area contributed by atoms with Crippen LogP contribution in [0, 0.1) is 0 Å². The van der Waals surface area contributed by atoms with Gasteiger partial charge in [-0.2, -0.15) is 0 Å². The van der Waals surface area contributed by atoms with E-state index in [1.54, 1.807) is 0 Å². The van der Waals surface area contributed by atoms with Crippen molar-refractivity contribution in [3.8, 4) is 0 Å². The summed E-state index contributed by atoms with van der Waals surface area (Å²) in [5.41, 5.74) is 0. The van der Waals surface area contributed by atoms with Gasteiger partial charge in [-0.3, -0.25) is 4.79 Å². The average Bonchev–Trinajstić information content (AvgIpc) is 2.22. The molecular weight excluding hydrogens is 222 g/mol. The molecule has 16 heavy (non-hydrogen) atoms. The molecule has 0 unspecified atom stereocenters. The lowest BCUT2D eigenvalue weighted by atomic mass is 10.0. The number of hydrogen-bond donors (Lipinski definition) is 5. The van der Waals surface area contributed by atoms with E-state index < -0.39 is 36.2 Å². The summed E-state index contributed by atoms with van der Waals surface area (Å²) in [6, 6.07) is -1.80. The summed E-state index contributed by atoms with van der Waals surface area (Å²) in [5, 5.41) is 37.9. The molecule has 0 bridgehead atoms. The number of carbonyl (C=O) groups is 3. The normalized spacial score (nSPS) is 18.0. The van der Waals surface area contributed by atoms with Gasteiger partial charge >= 0.3 is 5.97 Å². The number of aliphatic hydroxyl groups excluding tert-OH is 3. The molecule has 4 atom stereocenters. The number of hydrogen-bond acceptors (Lipinski definition) is 6. The highest BCUT2D eigenvalue weighted by Gasteiger charge is 2.36. The Balaban J connectivity index is 4.72. The number of carbonyl (C=O) groups excluding carboxylic acids is 2. The monoisotopic (exact) mass is 235 g/mol. The van der Waals surface area contributed by atoms with Crippen LogP contribution in [0.1, 0.15) is 6.92 Å². The number of carboxylic acid groups (broad SMARTS) is 1. The topological polar surface area (TPSA) is 144 Å². The van der Waals surface area contributed by atoms with Crippen molar-refractivity contribution in [2.75, 3.05) is 0 Å². The maximum absolute atomic E-state index is 10.6. The summed E-state index contributed by atoms with van der Waals surface area (Å²) in [7, 11) is 0. The van der Waals surface area contributed by atoms with E-state index in [9.17, 15) is 24.6 Å². The van der Waals surface area contributed by atoms with Crippen LogP contribution in [0.3, 0.4) is 0 Å². The Morgan fingerprint density at radius 3 is 2.00 bits per heavy atom. The fourth-order valence-corrected chi connectivity index (χ4v) is 0.992. The Hall–Kier alpha value is -1.51. The molecule has 0 heterocycles. The van der Waals surface area contributed by atoms with Gasteiger partial charge in [-0.25, -0.2) is 4.79 Å². The predicted molar refractivity (Wildman–Crippen MR) is 49.3 cm³/mol. The second kappa shape index (κ2) is 6.16. The van der Waals surface area contributed by atoms with Gasteiger partial charge in [-0.15, -0.1) is 0 Å². The quantitative estimate of drug-likeness (QED) is 0.306. The van der Waals surface area contributed by atoms with E-state index >= 15 is 0 Å². The van der Waals surface area contributed by atoms with Crippen LogP contribution >= 0.6 is 0 Å². The van der Waals surface area contributed by atoms with Crippen molar-refractivity contribution < 1.29 is 34.8 Å². The molecule has 0 fully saturated rings. The molecule has 0 aromatic carbocycles. The molecule has 0 aliphatic carbocycles. The van der Waals surface area contributed by atoms with E-state index in [1.807, 2.05) is 5.32 Å². The maximum atomic E-state index is 10.6. The highest BCUT2D eigenvalue weighted by Crippen LogP contribution is 2.04. The molecule has 0 rings (SSSR count). The van der Waals surface area contributed by atoms with Crippen LogP contribution in [0.2, 0.25) is 0 Å². The van der Waals surface area contributed by atoms with Gasteiger partial charge < -0.3 is 30.5 Å². The SMILES string of the molecule is CC(=O)N[C@H](C(=O)O)[C@H](O)[C@@H](O)[C@H](O)C=O. The molecule has 0 aromatic heterocycles. The molecule has 92 valence electrons. The number of rotatable bonds is 6. The third-order valence-corrected chi connectivity index (χ3v) is 1.81. The third kappa shape index (κ3) is 3.93. The van der Waals surface area contributed by atoms with Gasteiger partial charge in [-0.1, -0.05) is 0 Å². The van der Waals surface area contributed by atoms with Crippen molar-refractivity contribution in [3.63, 3.8) is 0 Å². The molecule has 1 amide bonds. The zero-order chi connectivity index (χ0) is 12.9. The first-order valence-electron chi connectivity index (χ1n) is 4.30.